The molecule has 0 aliphatic rings. The minimum atomic E-state index is -0.0691. The van der Waals surface area contributed by atoms with Gasteiger partial charge in [-0.3, -0.25) is 9.69 Å². The molecule has 0 aliphatic carbocycles. The van der Waals surface area contributed by atoms with Crippen molar-refractivity contribution >= 4 is 45.0 Å². The summed E-state index contributed by atoms with van der Waals surface area (Å²) >= 11 is 1.53. The van der Waals surface area contributed by atoms with Crippen molar-refractivity contribution in [2.24, 2.45) is 0 Å². The van der Waals surface area contributed by atoms with Gasteiger partial charge in [0, 0.05) is 12.1 Å². The van der Waals surface area contributed by atoms with Crippen molar-refractivity contribution < 1.29 is 14.3 Å². The van der Waals surface area contributed by atoms with E-state index < -0.39 is 0 Å². The van der Waals surface area contributed by atoms with Gasteiger partial charge in [-0.2, -0.15) is 0 Å². The number of rotatable bonds is 11. The molecule has 2 aromatic carbocycles. The lowest BCUT2D eigenvalue weighted by molar-refractivity contribution is 0.0985. The Labute approximate surface area is 206 Å². The minimum Gasteiger partial charge on any atom is -0.494 e. The Morgan fingerprint density at radius 2 is 1.91 bits per heavy atom. The van der Waals surface area contributed by atoms with Crippen LogP contribution in [-0.2, 0) is 0 Å². The number of amides is 1. The minimum absolute atomic E-state index is 0. The Bertz CT molecular complexity index is 1050. The van der Waals surface area contributed by atoms with Gasteiger partial charge in [0.1, 0.15) is 17.0 Å². The van der Waals surface area contributed by atoms with Crippen molar-refractivity contribution in [3.63, 3.8) is 0 Å². The van der Waals surface area contributed by atoms with Crippen molar-refractivity contribution in [1.29, 1.82) is 0 Å². The molecule has 33 heavy (non-hydrogen) atoms. The lowest BCUT2D eigenvalue weighted by atomic mass is 10.2. The molecule has 0 atom stereocenters. The van der Waals surface area contributed by atoms with Crippen LogP contribution in [0.3, 0.4) is 0 Å². The number of nitrogens with zero attached hydrogens (tertiary/aromatic N) is 3. The van der Waals surface area contributed by atoms with E-state index in [0.29, 0.717) is 23.8 Å². The zero-order chi connectivity index (χ0) is 23.1. The van der Waals surface area contributed by atoms with Crippen LogP contribution in [0.2, 0.25) is 0 Å². The van der Waals surface area contributed by atoms with Crippen molar-refractivity contribution in [2.75, 3.05) is 45.8 Å². The van der Waals surface area contributed by atoms with Gasteiger partial charge in [-0.15, -0.1) is 12.4 Å². The summed E-state index contributed by atoms with van der Waals surface area (Å²) in [4.78, 5) is 22.3. The SMILES string of the molecule is CCCCOc1cccc(C(=O)N(CCCN(C)C)c2nc3c(OC)ccc(C)c3s2)c1.Cl. The van der Waals surface area contributed by atoms with Crippen molar-refractivity contribution in [2.45, 2.75) is 33.1 Å². The van der Waals surface area contributed by atoms with Crippen LogP contribution in [0.5, 0.6) is 11.5 Å². The number of benzene rings is 2. The smallest absolute Gasteiger partial charge is 0.260 e. The van der Waals surface area contributed by atoms with E-state index in [1.165, 1.54) is 11.3 Å². The molecule has 0 bridgehead atoms. The average molecular weight is 492 g/mol. The highest BCUT2D eigenvalue weighted by molar-refractivity contribution is 7.22. The van der Waals surface area contributed by atoms with Gasteiger partial charge < -0.3 is 14.4 Å². The Morgan fingerprint density at radius 3 is 2.61 bits per heavy atom. The van der Waals surface area contributed by atoms with Gasteiger partial charge >= 0.3 is 0 Å². The van der Waals surface area contributed by atoms with Crippen LogP contribution in [0, 0.1) is 6.92 Å². The zero-order valence-electron chi connectivity index (χ0n) is 20.1. The van der Waals surface area contributed by atoms with E-state index >= 15 is 0 Å². The second kappa shape index (κ2) is 12.8. The molecule has 0 spiro atoms. The predicted octanol–water partition coefficient (Wildman–Crippen LogP) is 5.81. The molecular weight excluding hydrogens is 458 g/mol. The molecule has 0 N–H and O–H groups in total. The number of ether oxygens (including phenoxy) is 2. The van der Waals surface area contributed by atoms with Gasteiger partial charge in [-0.1, -0.05) is 36.8 Å². The topological polar surface area (TPSA) is 54.9 Å². The Balaban J connectivity index is 0.00000385. The maximum Gasteiger partial charge on any atom is 0.260 e. The number of halogens is 1. The van der Waals surface area contributed by atoms with E-state index in [-0.39, 0.29) is 18.3 Å². The van der Waals surface area contributed by atoms with Gasteiger partial charge in [0.15, 0.2) is 5.13 Å². The van der Waals surface area contributed by atoms with E-state index in [4.69, 9.17) is 14.5 Å². The summed E-state index contributed by atoms with van der Waals surface area (Å²) in [5.41, 5.74) is 2.53. The summed E-state index contributed by atoms with van der Waals surface area (Å²) in [6.07, 6.45) is 2.90. The number of unbranched alkanes of at least 4 members (excludes halogenated alkanes) is 1. The van der Waals surface area contributed by atoms with Crippen molar-refractivity contribution in [3.05, 3.63) is 47.5 Å². The fourth-order valence-corrected chi connectivity index (χ4v) is 4.49. The standard InChI is InChI=1S/C25H33N3O3S.ClH/c1-6-7-16-31-20-11-8-10-19(17-20)24(29)28(15-9-14-27(3)4)25-26-22-21(30-5)13-12-18(2)23(22)32-25;/h8,10-13,17H,6-7,9,14-16H2,1-5H3;1H. The predicted molar refractivity (Wildman–Crippen MR) is 140 cm³/mol. The molecule has 3 aromatic rings. The molecule has 0 unspecified atom stereocenters. The molecule has 0 radical (unpaired) electrons. The summed E-state index contributed by atoms with van der Waals surface area (Å²) in [5, 5.41) is 0.689. The summed E-state index contributed by atoms with van der Waals surface area (Å²) in [6, 6.07) is 11.4. The fourth-order valence-electron chi connectivity index (χ4n) is 3.42. The highest BCUT2D eigenvalue weighted by Gasteiger charge is 2.23. The fraction of sp³-hybridized carbons (Fsp3) is 0.440. The monoisotopic (exact) mass is 491 g/mol. The maximum atomic E-state index is 13.6. The number of hydrogen-bond donors (Lipinski definition) is 0. The second-order valence-corrected chi connectivity index (χ2v) is 9.08. The van der Waals surface area contributed by atoms with Crippen LogP contribution in [0.1, 0.15) is 42.1 Å². The lowest BCUT2D eigenvalue weighted by Crippen LogP contribution is -2.33. The molecule has 0 saturated heterocycles. The van der Waals surface area contributed by atoms with Crippen LogP contribution >= 0.6 is 23.7 Å². The van der Waals surface area contributed by atoms with Crippen LogP contribution in [0.15, 0.2) is 36.4 Å². The number of carbonyl (C=O) groups excluding carboxylic acids is 1. The summed E-state index contributed by atoms with van der Waals surface area (Å²) in [7, 11) is 5.72. The van der Waals surface area contributed by atoms with Gasteiger partial charge in [0.05, 0.1) is 18.4 Å². The largest absolute Gasteiger partial charge is 0.494 e. The molecular formula is C25H34ClN3O3S. The van der Waals surface area contributed by atoms with Crippen LogP contribution in [0.25, 0.3) is 10.2 Å². The summed E-state index contributed by atoms with van der Waals surface area (Å²) in [6.45, 7) is 6.30. The highest BCUT2D eigenvalue weighted by atomic mass is 35.5. The Morgan fingerprint density at radius 1 is 1.12 bits per heavy atom. The van der Waals surface area contributed by atoms with Gasteiger partial charge in [-0.25, -0.2) is 4.98 Å². The van der Waals surface area contributed by atoms with Crippen LogP contribution in [-0.4, -0.2) is 56.7 Å². The Kier molecular flexibility index (Phi) is 10.4. The van der Waals surface area contributed by atoms with E-state index in [2.05, 4.69) is 18.7 Å². The summed E-state index contributed by atoms with van der Waals surface area (Å²) < 4.78 is 12.4. The number of carbonyl (C=O) groups is 1. The molecule has 0 fully saturated rings. The van der Waals surface area contributed by atoms with Crippen LogP contribution < -0.4 is 14.4 Å². The lowest BCUT2D eigenvalue weighted by Gasteiger charge is -2.21. The van der Waals surface area contributed by atoms with E-state index in [1.54, 1.807) is 12.0 Å². The second-order valence-electron chi connectivity index (χ2n) is 8.10. The average Bonchev–Trinajstić information content (AvgIpc) is 3.23. The first-order valence-corrected chi connectivity index (χ1v) is 11.9. The molecule has 3 rings (SSSR count). The van der Waals surface area contributed by atoms with E-state index in [1.807, 2.05) is 50.5 Å². The number of fused-ring (bicyclic) bond motifs is 1. The third-order valence-electron chi connectivity index (χ3n) is 5.22. The third kappa shape index (κ3) is 6.82. The van der Waals surface area contributed by atoms with E-state index in [9.17, 15) is 4.79 Å². The number of hydrogen-bond acceptors (Lipinski definition) is 6. The number of thiazole rings is 1. The highest BCUT2D eigenvalue weighted by Crippen LogP contribution is 2.37. The number of aromatic nitrogens is 1. The molecule has 6 nitrogen and oxygen atoms in total. The molecule has 1 amide bonds. The van der Waals surface area contributed by atoms with Crippen LogP contribution in [0.4, 0.5) is 5.13 Å². The zero-order valence-corrected chi connectivity index (χ0v) is 21.7. The number of aryl methyl sites for hydroxylation is 1. The van der Waals surface area contributed by atoms with Gasteiger partial charge in [0.2, 0.25) is 0 Å². The summed E-state index contributed by atoms with van der Waals surface area (Å²) in [5.74, 6) is 1.37. The van der Waals surface area contributed by atoms with Gasteiger partial charge in [0.25, 0.3) is 5.91 Å². The first-order valence-electron chi connectivity index (χ1n) is 11.1. The third-order valence-corrected chi connectivity index (χ3v) is 6.44. The molecule has 180 valence electrons. The molecule has 1 aromatic heterocycles. The van der Waals surface area contributed by atoms with Crippen molar-refractivity contribution in [3.8, 4) is 11.5 Å². The molecule has 0 aliphatic heterocycles. The normalized spacial score (nSPS) is 10.8. The Hall–Kier alpha value is -2.35. The first kappa shape index (κ1) is 26.9. The molecule has 0 saturated carbocycles. The molecule has 8 heteroatoms. The van der Waals surface area contributed by atoms with Crippen molar-refractivity contribution in [1.82, 2.24) is 9.88 Å². The van der Waals surface area contributed by atoms with E-state index in [0.717, 1.165) is 53.1 Å². The number of methoxy groups -OCH3 is 1. The molecule has 1 heterocycles. The van der Waals surface area contributed by atoms with Gasteiger partial charge in [-0.05, 0) is 70.2 Å². The maximum absolute atomic E-state index is 13.6. The number of anilines is 1. The quantitative estimate of drug-likeness (QED) is 0.317. The first-order chi connectivity index (χ1) is 15.4.